The lowest BCUT2D eigenvalue weighted by Gasteiger charge is -2.46. The third-order valence-electron chi connectivity index (χ3n) is 9.25. The predicted octanol–water partition coefficient (Wildman–Crippen LogP) is 3.30. The van der Waals surface area contributed by atoms with E-state index in [9.17, 15) is 14.3 Å². The Bertz CT molecular complexity index is 1510. The second kappa shape index (κ2) is 11.6. The third-order valence-corrected chi connectivity index (χ3v) is 9.54. The van der Waals surface area contributed by atoms with Gasteiger partial charge in [-0.3, -0.25) is 4.79 Å². The zero-order valence-corrected chi connectivity index (χ0v) is 24.6. The van der Waals surface area contributed by atoms with Gasteiger partial charge in [0.15, 0.2) is 11.8 Å². The maximum Gasteiger partial charge on any atom is 0.296 e. The minimum Gasteiger partial charge on any atom is -0.456 e. The maximum atomic E-state index is 14.6. The molecule has 5 atom stereocenters. The molecule has 0 amide bonds. The summed E-state index contributed by atoms with van der Waals surface area (Å²) in [5, 5.41) is 13.4. The number of aliphatic hydroxyl groups is 1. The number of pyridine rings is 1. The van der Waals surface area contributed by atoms with E-state index in [4.69, 9.17) is 30.5 Å². The molecule has 0 bridgehead atoms. The number of anilines is 1. The van der Waals surface area contributed by atoms with Crippen molar-refractivity contribution >= 4 is 34.9 Å². The number of aryl methyl sites for hydroxylation is 1. The number of aldehydes is 1. The standard InChI is InChI=1S/C22H20ClFN4O5.C8H15NO/c23-11-5-14-21(28-22(26-14)33-16-8-32-18-15(30)7-31-19(16)18)27-20(11)25-13-2-1-10-3-9(6-29)4-12(24)17(10)13;1-9-4-2-8(3-5-9)6-10-7-8/h3-6,13,15-16,18-19,30H,1-2,7-8H2,(H2,25,26,27,28);2-7H2,1H3/t13?,15-,16-,18-,19-;/m1./s1. The molecule has 4 aliphatic heterocycles. The lowest BCUT2D eigenvalue weighted by atomic mass is 9.77. The average molecular weight is 616 g/mol. The minimum atomic E-state index is -0.663. The molecule has 3 N–H and O–H groups in total. The van der Waals surface area contributed by atoms with Crippen molar-refractivity contribution in [2.45, 2.75) is 56.1 Å². The van der Waals surface area contributed by atoms with Crippen LogP contribution in [-0.4, -0.2) is 102 Å². The molecule has 1 aliphatic carbocycles. The lowest BCUT2D eigenvalue weighted by molar-refractivity contribution is -0.137. The number of carbonyl (C=O) groups excluding carboxylic acids is 1. The number of fused-ring (bicyclic) bond motifs is 3. The Balaban J connectivity index is 0.000000253. The molecule has 3 aromatic rings. The van der Waals surface area contributed by atoms with Crippen LogP contribution in [0.2, 0.25) is 5.02 Å². The van der Waals surface area contributed by atoms with E-state index in [1.165, 1.54) is 32.0 Å². The summed E-state index contributed by atoms with van der Waals surface area (Å²) in [5.74, 6) is -0.0426. The molecule has 4 fully saturated rings. The SMILES string of the molecule is CN1CCC2(CC1)COC2.O=Cc1cc(F)c2c(c1)CCC2Nc1nc2nc(O[C@@H]3CO[C@H]4[C@@H]3OC[C@H]4O)[nH]c2cc1Cl. The summed E-state index contributed by atoms with van der Waals surface area (Å²) >= 11 is 6.44. The number of hydrogen-bond donors (Lipinski definition) is 3. The Morgan fingerprint density at radius 3 is 2.72 bits per heavy atom. The summed E-state index contributed by atoms with van der Waals surface area (Å²) in [6, 6.07) is 4.55. The van der Waals surface area contributed by atoms with E-state index in [0.717, 1.165) is 18.8 Å². The van der Waals surface area contributed by atoms with Gasteiger partial charge in [0.1, 0.15) is 36.2 Å². The first-order valence-electron chi connectivity index (χ1n) is 14.8. The van der Waals surface area contributed by atoms with Crippen LogP contribution < -0.4 is 10.1 Å². The molecule has 11 nitrogen and oxygen atoms in total. The zero-order valence-electron chi connectivity index (χ0n) is 23.9. The monoisotopic (exact) mass is 615 g/mol. The number of halogens is 2. The summed E-state index contributed by atoms with van der Waals surface area (Å²) in [4.78, 5) is 25.4. The van der Waals surface area contributed by atoms with Gasteiger partial charge in [0.25, 0.3) is 6.01 Å². The lowest BCUT2D eigenvalue weighted by Crippen LogP contribution is -2.49. The Kier molecular flexibility index (Phi) is 7.77. The molecule has 2 aromatic heterocycles. The maximum absolute atomic E-state index is 14.6. The van der Waals surface area contributed by atoms with Gasteiger partial charge in [-0.2, -0.15) is 4.98 Å². The van der Waals surface area contributed by atoms with E-state index < -0.39 is 24.1 Å². The van der Waals surface area contributed by atoms with E-state index in [0.29, 0.717) is 57.7 Å². The van der Waals surface area contributed by atoms with Crippen LogP contribution in [0.5, 0.6) is 6.01 Å². The number of aromatic amines is 1. The van der Waals surface area contributed by atoms with Gasteiger partial charge in [0.2, 0.25) is 0 Å². The van der Waals surface area contributed by atoms with Crippen LogP contribution in [0.1, 0.15) is 46.8 Å². The highest BCUT2D eigenvalue weighted by atomic mass is 35.5. The van der Waals surface area contributed by atoms with Crippen LogP contribution in [0.25, 0.3) is 11.2 Å². The van der Waals surface area contributed by atoms with E-state index in [1.54, 1.807) is 12.1 Å². The van der Waals surface area contributed by atoms with Crippen molar-refractivity contribution in [3.05, 3.63) is 45.7 Å². The van der Waals surface area contributed by atoms with Crippen LogP contribution >= 0.6 is 11.6 Å². The Morgan fingerprint density at radius 1 is 1.19 bits per heavy atom. The molecule has 5 aliphatic rings. The summed E-state index contributed by atoms with van der Waals surface area (Å²) in [7, 11) is 2.20. The van der Waals surface area contributed by atoms with E-state index >= 15 is 0 Å². The molecule has 43 heavy (non-hydrogen) atoms. The number of ether oxygens (including phenoxy) is 4. The summed E-state index contributed by atoms with van der Waals surface area (Å²) in [5.41, 5.74) is 3.24. The minimum absolute atomic E-state index is 0.211. The summed E-state index contributed by atoms with van der Waals surface area (Å²) in [6.45, 7) is 5.08. The molecule has 230 valence electrons. The van der Waals surface area contributed by atoms with Gasteiger partial charge >= 0.3 is 0 Å². The highest BCUT2D eigenvalue weighted by Crippen LogP contribution is 2.39. The quantitative estimate of drug-likeness (QED) is 0.368. The molecular weight excluding hydrogens is 581 g/mol. The normalized spacial score (nSPS) is 29.1. The Hall–Kier alpha value is -2.87. The number of aromatic nitrogens is 3. The number of likely N-dealkylation sites (tertiary alicyclic amines) is 1. The van der Waals surface area contributed by atoms with Gasteiger partial charge < -0.3 is 39.3 Å². The number of piperidine rings is 1. The Morgan fingerprint density at radius 2 is 1.98 bits per heavy atom. The summed E-state index contributed by atoms with van der Waals surface area (Å²) in [6.07, 6.45) is 2.81. The molecule has 1 unspecified atom stereocenters. The molecule has 13 heteroatoms. The fourth-order valence-electron chi connectivity index (χ4n) is 6.63. The number of aliphatic hydroxyl groups excluding tert-OH is 1. The van der Waals surface area contributed by atoms with Crippen molar-refractivity contribution in [3.63, 3.8) is 0 Å². The number of H-pyrrole nitrogens is 1. The number of nitrogens with one attached hydrogen (secondary N) is 2. The molecule has 8 rings (SSSR count). The van der Waals surface area contributed by atoms with Crippen LogP contribution in [0.3, 0.4) is 0 Å². The first-order valence-corrected chi connectivity index (χ1v) is 15.1. The van der Waals surface area contributed by atoms with Crippen LogP contribution in [0.4, 0.5) is 10.2 Å². The van der Waals surface area contributed by atoms with Crippen molar-refractivity contribution in [2.24, 2.45) is 5.41 Å². The number of benzene rings is 1. The molecule has 4 saturated heterocycles. The fourth-order valence-corrected chi connectivity index (χ4v) is 6.84. The Labute approximate surface area is 253 Å². The van der Waals surface area contributed by atoms with Crippen molar-refractivity contribution < 1.29 is 33.2 Å². The average Bonchev–Trinajstić information content (AvgIpc) is 3.75. The van der Waals surface area contributed by atoms with E-state index in [2.05, 4.69) is 32.2 Å². The summed E-state index contributed by atoms with van der Waals surface area (Å²) < 4.78 is 36.9. The molecule has 1 spiro atoms. The highest BCUT2D eigenvalue weighted by molar-refractivity contribution is 6.33. The second-order valence-corrected chi connectivity index (χ2v) is 12.7. The van der Waals surface area contributed by atoms with Crippen LogP contribution in [0.15, 0.2) is 18.2 Å². The molecule has 0 saturated carbocycles. The molecule has 0 radical (unpaired) electrons. The van der Waals surface area contributed by atoms with Crippen LogP contribution in [-0.2, 0) is 20.6 Å². The van der Waals surface area contributed by atoms with E-state index in [-0.39, 0.29) is 31.4 Å². The van der Waals surface area contributed by atoms with Crippen molar-refractivity contribution in [1.82, 2.24) is 19.9 Å². The van der Waals surface area contributed by atoms with Gasteiger partial charge in [-0.15, -0.1) is 0 Å². The first-order chi connectivity index (χ1) is 20.8. The third kappa shape index (κ3) is 5.60. The van der Waals surface area contributed by atoms with Gasteiger partial charge in [0.05, 0.1) is 43.0 Å². The molecule has 6 heterocycles. The van der Waals surface area contributed by atoms with Crippen molar-refractivity contribution in [2.75, 3.05) is 51.9 Å². The van der Waals surface area contributed by atoms with E-state index in [1.807, 2.05) is 0 Å². The number of hydrogen-bond acceptors (Lipinski definition) is 10. The van der Waals surface area contributed by atoms with Gasteiger partial charge in [-0.1, -0.05) is 11.6 Å². The highest BCUT2D eigenvalue weighted by Gasteiger charge is 2.48. The largest absolute Gasteiger partial charge is 0.456 e. The molecular formula is C30H35ClFN5O6. The smallest absolute Gasteiger partial charge is 0.296 e. The van der Waals surface area contributed by atoms with Gasteiger partial charge in [0, 0.05) is 16.5 Å². The van der Waals surface area contributed by atoms with Crippen molar-refractivity contribution in [1.29, 1.82) is 0 Å². The number of imidazole rings is 1. The zero-order chi connectivity index (χ0) is 29.7. The van der Waals surface area contributed by atoms with Crippen LogP contribution in [0, 0.1) is 11.2 Å². The first kappa shape index (κ1) is 28.9. The van der Waals surface area contributed by atoms with Gasteiger partial charge in [-0.05, 0) is 69.6 Å². The number of nitrogens with zero attached hydrogens (tertiary/aromatic N) is 3. The van der Waals surface area contributed by atoms with Gasteiger partial charge in [-0.25, -0.2) is 9.37 Å². The second-order valence-electron chi connectivity index (χ2n) is 12.3. The fraction of sp³-hybridized carbons (Fsp3) is 0.567. The van der Waals surface area contributed by atoms with Crippen molar-refractivity contribution in [3.8, 4) is 6.01 Å². The number of rotatable bonds is 5. The molecule has 1 aromatic carbocycles. The number of carbonyl (C=O) groups is 1. The topological polar surface area (TPSA) is 131 Å². The predicted molar refractivity (Wildman–Crippen MR) is 155 cm³/mol.